The fourth-order valence-electron chi connectivity index (χ4n) is 4.64. The number of β-amino-alcohol motifs (C(OH)–C–C–N with tert-alkyl or cyclic N) is 1. The van der Waals surface area contributed by atoms with Crippen LogP contribution in [0.5, 0.6) is 5.75 Å². The van der Waals surface area contributed by atoms with E-state index in [1.54, 1.807) is 13.3 Å². The van der Waals surface area contributed by atoms with Crippen LogP contribution in [0.4, 0.5) is 0 Å². The van der Waals surface area contributed by atoms with Crippen LogP contribution in [0.15, 0.2) is 30.5 Å². The summed E-state index contributed by atoms with van der Waals surface area (Å²) < 4.78 is 5.34. The molecule has 2 heterocycles. The van der Waals surface area contributed by atoms with E-state index >= 15 is 0 Å². The molecule has 1 aliphatic heterocycles. The molecule has 7 heteroatoms. The van der Waals surface area contributed by atoms with Gasteiger partial charge in [0, 0.05) is 43.8 Å². The molecule has 0 bridgehead atoms. The Balaban J connectivity index is 1.63. The molecular formula is C25H37N3O4. The monoisotopic (exact) mass is 443 g/mol. The van der Waals surface area contributed by atoms with Gasteiger partial charge >= 0.3 is 5.97 Å². The SMILES string of the molecule is CCCCCCCN1CCN(C[C@H](O)c2ccnc3ccc(OC)cc23)C[C@H]1CC(=O)O. The van der Waals surface area contributed by atoms with Gasteiger partial charge in [-0.3, -0.25) is 19.6 Å². The minimum absolute atomic E-state index is 0.0195. The first-order valence-corrected chi connectivity index (χ1v) is 11.8. The summed E-state index contributed by atoms with van der Waals surface area (Å²) in [7, 11) is 1.62. The molecule has 0 spiro atoms. The summed E-state index contributed by atoms with van der Waals surface area (Å²) in [4.78, 5) is 20.4. The lowest BCUT2D eigenvalue weighted by molar-refractivity contribution is -0.139. The highest BCUT2D eigenvalue weighted by atomic mass is 16.5. The number of aliphatic carboxylic acids is 1. The maximum absolute atomic E-state index is 11.5. The van der Waals surface area contributed by atoms with Gasteiger partial charge in [0.1, 0.15) is 5.75 Å². The van der Waals surface area contributed by atoms with Crippen molar-refractivity contribution in [2.75, 3.05) is 39.8 Å². The van der Waals surface area contributed by atoms with Gasteiger partial charge in [0.05, 0.1) is 25.2 Å². The quantitative estimate of drug-likeness (QED) is 0.484. The molecule has 7 nitrogen and oxygen atoms in total. The van der Waals surface area contributed by atoms with Crippen LogP contribution in [0.25, 0.3) is 10.9 Å². The number of carboxylic acids is 1. The topological polar surface area (TPSA) is 86.1 Å². The Morgan fingerprint density at radius 1 is 1.22 bits per heavy atom. The third-order valence-electron chi connectivity index (χ3n) is 6.42. The summed E-state index contributed by atoms with van der Waals surface area (Å²) >= 11 is 0. The highest BCUT2D eigenvalue weighted by molar-refractivity contribution is 5.83. The predicted molar refractivity (Wildman–Crippen MR) is 126 cm³/mol. The molecule has 1 aromatic heterocycles. The van der Waals surface area contributed by atoms with E-state index in [-0.39, 0.29) is 12.5 Å². The number of ether oxygens (including phenoxy) is 1. The van der Waals surface area contributed by atoms with Gasteiger partial charge in [-0.1, -0.05) is 32.6 Å². The molecule has 3 rings (SSSR count). The van der Waals surface area contributed by atoms with Crippen molar-refractivity contribution in [2.24, 2.45) is 0 Å². The van der Waals surface area contributed by atoms with Gasteiger partial charge < -0.3 is 14.9 Å². The van der Waals surface area contributed by atoms with E-state index in [0.717, 1.165) is 48.3 Å². The zero-order valence-electron chi connectivity index (χ0n) is 19.4. The molecule has 1 saturated heterocycles. The van der Waals surface area contributed by atoms with Crippen LogP contribution in [0, 0.1) is 0 Å². The smallest absolute Gasteiger partial charge is 0.304 e. The van der Waals surface area contributed by atoms with Gasteiger partial charge in [-0.15, -0.1) is 0 Å². The molecule has 32 heavy (non-hydrogen) atoms. The number of rotatable bonds is 12. The van der Waals surface area contributed by atoms with Crippen LogP contribution < -0.4 is 4.74 Å². The second kappa shape index (κ2) is 12.1. The fourth-order valence-corrected chi connectivity index (χ4v) is 4.64. The number of carboxylic acid groups (broad SMARTS) is 1. The normalized spacial score (nSPS) is 18.7. The number of aliphatic hydroxyl groups excluding tert-OH is 1. The molecule has 1 aliphatic rings. The Bertz CT molecular complexity index is 875. The Morgan fingerprint density at radius 3 is 2.78 bits per heavy atom. The number of methoxy groups -OCH3 is 1. The van der Waals surface area contributed by atoms with E-state index in [9.17, 15) is 15.0 Å². The second-order valence-corrected chi connectivity index (χ2v) is 8.76. The van der Waals surface area contributed by atoms with Gasteiger partial charge in [-0.2, -0.15) is 0 Å². The number of carbonyl (C=O) groups is 1. The molecule has 0 unspecified atom stereocenters. The number of aliphatic hydroxyl groups is 1. The van der Waals surface area contributed by atoms with Crippen molar-refractivity contribution in [1.82, 2.24) is 14.8 Å². The Morgan fingerprint density at radius 2 is 2.03 bits per heavy atom. The number of piperazine rings is 1. The number of aromatic nitrogens is 1. The summed E-state index contributed by atoms with van der Waals surface area (Å²) in [5.74, 6) is -0.0337. The molecule has 2 atom stereocenters. The van der Waals surface area contributed by atoms with Crippen molar-refractivity contribution in [3.63, 3.8) is 0 Å². The number of hydrogen-bond acceptors (Lipinski definition) is 6. The van der Waals surface area contributed by atoms with Crippen LogP contribution in [0.2, 0.25) is 0 Å². The van der Waals surface area contributed by atoms with Crippen LogP contribution in [-0.2, 0) is 4.79 Å². The molecule has 0 radical (unpaired) electrons. The zero-order chi connectivity index (χ0) is 22.9. The first-order valence-electron chi connectivity index (χ1n) is 11.8. The number of nitrogens with zero attached hydrogens (tertiary/aromatic N) is 3. The highest BCUT2D eigenvalue weighted by Crippen LogP contribution is 2.28. The van der Waals surface area contributed by atoms with E-state index in [1.807, 2.05) is 24.3 Å². The zero-order valence-corrected chi connectivity index (χ0v) is 19.4. The summed E-state index contributed by atoms with van der Waals surface area (Å²) in [6.07, 6.45) is 7.22. The number of pyridine rings is 1. The molecule has 2 aromatic rings. The van der Waals surface area contributed by atoms with Crippen molar-refractivity contribution in [2.45, 2.75) is 57.6 Å². The minimum atomic E-state index is -0.763. The van der Waals surface area contributed by atoms with Gasteiger partial charge in [0.25, 0.3) is 0 Å². The molecule has 0 saturated carbocycles. The average Bonchev–Trinajstić information content (AvgIpc) is 2.79. The fraction of sp³-hybridized carbons (Fsp3) is 0.600. The number of unbranched alkanes of at least 4 members (excludes halogenated alkanes) is 4. The molecule has 1 aromatic carbocycles. The van der Waals surface area contributed by atoms with Crippen LogP contribution in [-0.4, -0.2) is 76.8 Å². The average molecular weight is 444 g/mol. The van der Waals surface area contributed by atoms with Crippen molar-refractivity contribution < 1.29 is 19.7 Å². The Hall–Kier alpha value is -2.22. The minimum Gasteiger partial charge on any atom is -0.497 e. The Kier molecular flexibility index (Phi) is 9.26. The predicted octanol–water partition coefficient (Wildman–Crippen LogP) is 3.71. The third-order valence-corrected chi connectivity index (χ3v) is 6.42. The number of fused-ring (bicyclic) bond motifs is 1. The first kappa shape index (κ1) is 24.4. The maximum Gasteiger partial charge on any atom is 0.304 e. The van der Waals surface area contributed by atoms with Crippen LogP contribution >= 0.6 is 0 Å². The van der Waals surface area contributed by atoms with Crippen molar-refractivity contribution in [1.29, 1.82) is 0 Å². The lowest BCUT2D eigenvalue weighted by Gasteiger charge is -2.41. The van der Waals surface area contributed by atoms with E-state index < -0.39 is 12.1 Å². The standard InChI is InChI=1S/C25H37N3O4/c1-3-4-5-6-7-12-28-14-13-27(17-19(28)15-25(30)31)18-24(29)21-10-11-26-23-9-8-20(32-2)16-22(21)23/h8-11,16,19,24,29H,3-7,12-15,17-18H2,1-2H3,(H,30,31)/t19-,24+/m1/s1. The van der Waals surface area contributed by atoms with Crippen molar-refractivity contribution >= 4 is 16.9 Å². The Labute approximate surface area is 191 Å². The molecular weight excluding hydrogens is 406 g/mol. The third kappa shape index (κ3) is 6.64. The summed E-state index contributed by atoms with van der Waals surface area (Å²) in [6.45, 7) is 5.95. The molecule has 176 valence electrons. The molecule has 0 amide bonds. The van der Waals surface area contributed by atoms with Gasteiger partial charge in [-0.05, 0) is 42.8 Å². The second-order valence-electron chi connectivity index (χ2n) is 8.76. The molecule has 1 fully saturated rings. The van der Waals surface area contributed by atoms with Gasteiger partial charge in [-0.25, -0.2) is 0 Å². The lowest BCUT2D eigenvalue weighted by Crippen LogP contribution is -2.54. The van der Waals surface area contributed by atoms with Crippen LogP contribution in [0.3, 0.4) is 0 Å². The van der Waals surface area contributed by atoms with E-state index in [2.05, 4.69) is 21.7 Å². The van der Waals surface area contributed by atoms with Crippen LogP contribution in [0.1, 0.15) is 57.1 Å². The van der Waals surface area contributed by atoms with E-state index in [1.165, 1.54) is 25.7 Å². The molecule has 2 N–H and O–H groups in total. The van der Waals surface area contributed by atoms with Crippen molar-refractivity contribution in [3.8, 4) is 5.75 Å². The number of hydrogen-bond donors (Lipinski definition) is 2. The van der Waals surface area contributed by atoms with Crippen molar-refractivity contribution in [3.05, 3.63) is 36.0 Å². The highest BCUT2D eigenvalue weighted by Gasteiger charge is 2.29. The maximum atomic E-state index is 11.5. The summed E-state index contributed by atoms with van der Waals surface area (Å²) in [5.41, 5.74) is 1.64. The van der Waals surface area contributed by atoms with E-state index in [0.29, 0.717) is 13.1 Å². The molecule has 0 aliphatic carbocycles. The van der Waals surface area contributed by atoms with E-state index in [4.69, 9.17) is 4.74 Å². The van der Waals surface area contributed by atoms with Gasteiger partial charge in [0.2, 0.25) is 0 Å². The van der Waals surface area contributed by atoms with Gasteiger partial charge in [0.15, 0.2) is 0 Å². The lowest BCUT2D eigenvalue weighted by atomic mass is 10.0. The first-order chi connectivity index (χ1) is 15.5. The summed E-state index contributed by atoms with van der Waals surface area (Å²) in [5, 5.41) is 21.4. The number of benzene rings is 1. The summed E-state index contributed by atoms with van der Waals surface area (Å²) in [6, 6.07) is 7.50. The largest absolute Gasteiger partial charge is 0.497 e.